The van der Waals surface area contributed by atoms with Crippen LogP contribution in [0, 0.1) is 13.8 Å². The lowest BCUT2D eigenvalue weighted by Crippen LogP contribution is -1.95. The van der Waals surface area contributed by atoms with E-state index in [1.807, 2.05) is 38.1 Å². The number of nitrogens with zero attached hydrogens (tertiary/aromatic N) is 1. The number of pyridine rings is 1. The minimum absolute atomic E-state index is 0.442. The van der Waals surface area contributed by atoms with E-state index < -0.39 is 0 Å². The molecule has 0 spiro atoms. The molecule has 2 N–H and O–H groups in total. The number of aryl methyl sites for hydroxylation is 2. The average Bonchev–Trinajstić information content (AvgIpc) is 2.27. The van der Waals surface area contributed by atoms with Crippen molar-refractivity contribution in [2.45, 2.75) is 13.8 Å². The molecule has 88 valence electrons. The molecule has 1 aromatic carbocycles. The van der Waals surface area contributed by atoms with Crippen molar-refractivity contribution in [1.29, 1.82) is 0 Å². The number of benzene rings is 1. The first-order chi connectivity index (χ1) is 8.06. The highest BCUT2D eigenvalue weighted by molar-refractivity contribution is 9.10. The molecule has 0 radical (unpaired) electrons. The number of ether oxygens (including phenoxy) is 1. The Morgan fingerprint density at radius 1 is 1.24 bits per heavy atom. The van der Waals surface area contributed by atoms with Gasteiger partial charge < -0.3 is 10.5 Å². The first-order valence-corrected chi connectivity index (χ1v) is 6.01. The van der Waals surface area contributed by atoms with Crippen molar-refractivity contribution >= 4 is 21.6 Å². The van der Waals surface area contributed by atoms with Crippen LogP contribution in [0.25, 0.3) is 0 Å². The van der Waals surface area contributed by atoms with Crippen LogP contribution in [0.15, 0.2) is 34.9 Å². The van der Waals surface area contributed by atoms with Crippen molar-refractivity contribution < 1.29 is 4.74 Å². The Morgan fingerprint density at radius 2 is 2.00 bits per heavy atom. The molecular formula is C13H13BrN2O. The fourth-order valence-electron chi connectivity index (χ4n) is 1.46. The second-order valence-corrected chi connectivity index (χ2v) is 4.77. The van der Waals surface area contributed by atoms with Crippen molar-refractivity contribution in [2.75, 3.05) is 5.73 Å². The van der Waals surface area contributed by atoms with Gasteiger partial charge in [-0.2, -0.15) is 0 Å². The standard InChI is InChI=1S/C13H13BrN2O/c1-8-5-12(15)13(16-7-8)17-10-3-4-11(14)9(2)6-10/h3-7H,15H2,1-2H3. The molecule has 3 nitrogen and oxygen atoms in total. The van der Waals surface area contributed by atoms with Gasteiger partial charge in [-0.15, -0.1) is 0 Å². The van der Waals surface area contributed by atoms with Gasteiger partial charge in [0.05, 0.1) is 5.69 Å². The summed E-state index contributed by atoms with van der Waals surface area (Å²) in [6.07, 6.45) is 1.73. The number of halogens is 1. The van der Waals surface area contributed by atoms with Crippen LogP contribution in [0.3, 0.4) is 0 Å². The number of hydrogen-bond acceptors (Lipinski definition) is 3. The molecule has 0 amide bonds. The van der Waals surface area contributed by atoms with E-state index in [2.05, 4.69) is 20.9 Å². The first kappa shape index (κ1) is 11.9. The van der Waals surface area contributed by atoms with Crippen molar-refractivity contribution in [1.82, 2.24) is 4.98 Å². The molecule has 1 heterocycles. The van der Waals surface area contributed by atoms with Gasteiger partial charge in [0.1, 0.15) is 5.75 Å². The average molecular weight is 293 g/mol. The molecule has 0 aliphatic rings. The third-order valence-electron chi connectivity index (χ3n) is 2.36. The van der Waals surface area contributed by atoms with Gasteiger partial charge in [0.25, 0.3) is 0 Å². The van der Waals surface area contributed by atoms with Crippen molar-refractivity contribution in [3.05, 3.63) is 46.1 Å². The lowest BCUT2D eigenvalue weighted by molar-refractivity contribution is 0.465. The molecule has 2 rings (SSSR count). The summed E-state index contributed by atoms with van der Waals surface area (Å²) in [5.74, 6) is 1.17. The Hall–Kier alpha value is -1.55. The van der Waals surface area contributed by atoms with E-state index in [0.29, 0.717) is 11.6 Å². The van der Waals surface area contributed by atoms with Crippen molar-refractivity contribution in [2.24, 2.45) is 0 Å². The molecule has 2 aromatic rings. The third-order valence-corrected chi connectivity index (χ3v) is 3.25. The summed E-state index contributed by atoms with van der Waals surface area (Å²) in [4.78, 5) is 4.17. The van der Waals surface area contributed by atoms with Crippen molar-refractivity contribution in [3.63, 3.8) is 0 Å². The SMILES string of the molecule is Cc1cnc(Oc2ccc(Br)c(C)c2)c(N)c1. The summed E-state index contributed by atoms with van der Waals surface area (Å²) < 4.78 is 6.69. The number of aromatic nitrogens is 1. The lowest BCUT2D eigenvalue weighted by Gasteiger charge is -2.08. The molecule has 0 saturated heterocycles. The third kappa shape index (κ3) is 2.77. The minimum Gasteiger partial charge on any atom is -0.437 e. The zero-order chi connectivity index (χ0) is 12.4. The molecule has 0 unspecified atom stereocenters. The van der Waals surface area contributed by atoms with Crippen LogP contribution in [-0.2, 0) is 0 Å². The van der Waals surface area contributed by atoms with Gasteiger partial charge in [0.2, 0.25) is 5.88 Å². The van der Waals surface area contributed by atoms with E-state index in [9.17, 15) is 0 Å². The summed E-state index contributed by atoms with van der Waals surface area (Å²) >= 11 is 3.44. The largest absolute Gasteiger partial charge is 0.437 e. The maximum atomic E-state index is 5.84. The van der Waals surface area contributed by atoms with E-state index in [-0.39, 0.29) is 0 Å². The maximum absolute atomic E-state index is 5.84. The minimum atomic E-state index is 0.442. The molecule has 17 heavy (non-hydrogen) atoms. The number of anilines is 1. The Morgan fingerprint density at radius 3 is 2.65 bits per heavy atom. The van der Waals surface area contributed by atoms with E-state index in [1.54, 1.807) is 6.20 Å². The molecular weight excluding hydrogens is 280 g/mol. The summed E-state index contributed by atoms with van der Waals surface area (Å²) in [7, 11) is 0. The molecule has 1 aromatic heterocycles. The molecule has 0 saturated carbocycles. The zero-order valence-corrected chi connectivity index (χ0v) is 11.3. The van der Waals surface area contributed by atoms with Gasteiger partial charge >= 0.3 is 0 Å². The Kier molecular flexibility index (Phi) is 3.33. The van der Waals surface area contributed by atoms with E-state index in [1.165, 1.54) is 0 Å². The van der Waals surface area contributed by atoms with Crippen LogP contribution in [0.5, 0.6) is 11.6 Å². The molecule has 0 fully saturated rings. The summed E-state index contributed by atoms with van der Waals surface area (Å²) in [5.41, 5.74) is 8.51. The van der Waals surface area contributed by atoms with Crippen LogP contribution < -0.4 is 10.5 Å². The van der Waals surface area contributed by atoms with Crippen LogP contribution in [0.2, 0.25) is 0 Å². The normalized spacial score (nSPS) is 10.3. The first-order valence-electron chi connectivity index (χ1n) is 5.22. The fraction of sp³-hybridized carbons (Fsp3) is 0.154. The van der Waals surface area contributed by atoms with E-state index in [4.69, 9.17) is 10.5 Å². The molecule has 0 aliphatic heterocycles. The van der Waals surface area contributed by atoms with Gasteiger partial charge in [0.15, 0.2) is 0 Å². The van der Waals surface area contributed by atoms with Gasteiger partial charge in [-0.3, -0.25) is 0 Å². The number of nitrogen functional groups attached to an aromatic ring is 1. The van der Waals surface area contributed by atoms with Crippen LogP contribution >= 0.6 is 15.9 Å². The van der Waals surface area contributed by atoms with Crippen LogP contribution in [0.1, 0.15) is 11.1 Å². The maximum Gasteiger partial charge on any atom is 0.242 e. The second kappa shape index (κ2) is 4.75. The number of hydrogen-bond donors (Lipinski definition) is 1. The highest BCUT2D eigenvalue weighted by Crippen LogP contribution is 2.28. The van der Waals surface area contributed by atoms with Gasteiger partial charge in [0, 0.05) is 10.7 Å². The predicted octanol–water partition coefficient (Wildman–Crippen LogP) is 3.84. The predicted molar refractivity (Wildman–Crippen MR) is 72.3 cm³/mol. The lowest BCUT2D eigenvalue weighted by atomic mass is 10.2. The summed E-state index contributed by atoms with van der Waals surface area (Å²) in [5, 5.41) is 0. The summed E-state index contributed by atoms with van der Waals surface area (Å²) in [6.45, 7) is 3.94. The monoisotopic (exact) mass is 292 g/mol. The number of rotatable bonds is 2. The zero-order valence-electron chi connectivity index (χ0n) is 9.70. The quantitative estimate of drug-likeness (QED) is 0.915. The highest BCUT2D eigenvalue weighted by atomic mass is 79.9. The second-order valence-electron chi connectivity index (χ2n) is 3.92. The van der Waals surface area contributed by atoms with Crippen LogP contribution in [0.4, 0.5) is 5.69 Å². The molecule has 0 bridgehead atoms. The van der Waals surface area contributed by atoms with Gasteiger partial charge in [-0.25, -0.2) is 4.98 Å². The molecule has 0 aliphatic carbocycles. The topological polar surface area (TPSA) is 48.1 Å². The van der Waals surface area contributed by atoms with E-state index >= 15 is 0 Å². The van der Waals surface area contributed by atoms with Crippen molar-refractivity contribution in [3.8, 4) is 11.6 Å². The highest BCUT2D eigenvalue weighted by Gasteiger charge is 2.05. The molecule has 0 atom stereocenters. The molecule has 4 heteroatoms. The van der Waals surface area contributed by atoms with Crippen LogP contribution in [-0.4, -0.2) is 4.98 Å². The fourth-order valence-corrected chi connectivity index (χ4v) is 1.70. The Bertz CT molecular complexity index is 555. The van der Waals surface area contributed by atoms with Gasteiger partial charge in [-0.1, -0.05) is 15.9 Å². The smallest absolute Gasteiger partial charge is 0.242 e. The van der Waals surface area contributed by atoms with Gasteiger partial charge in [-0.05, 0) is 49.2 Å². The number of nitrogens with two attached hydrogens (primary N) is 1. The summed E-state index contributed by atoms with van der Waals surface area (Å²) in [6, 6.07) is 7.59. The Balaban J connectivity index is 2.28. The Labute approximate surface area is 109 Å². The van der Waals surface area contributed by atoms with E-state index in [0.717, 1.165) is 21.3 Å².